The van der Waals surface area contributed by atoms with Crippen LogP contribution in [0.4, 0.5) is 23.2 Å². The smallest absolute Gasteiger partial charge is 0.320 e. The summed E-state index contributed by atoms with van der Waals surface area (Å²) in [6.07, 6.45) is 1.11. The number of carbonyl (C=O) groups excluding carboxylic acids is 2. The fourth-order valence-corrected chi connectivity index (χ4v) is 4.08. The van der Waals surface area contributed by atoms with Gasteiger partial charge in [-0.1, -0.05) is 0 Å². The largest absolute Gasteiger partial charge is 0.417 e. The molecule has 0 aliphatic heterocycles. The molecule has 3 aromatic heterocycles. The fourth-order valence-electron chi connectivity index (χ4n) is 4.08. The molecule has 1 amide bonds. The van der Waals surface area contributed by atoms with Crippen LogP contribution in [0.2, 0.25) is 0 Å². The summed E-state index contributed by atoms with van der Waals surface area (Å²) >= 11 is 0. The van der Waals surface area contributed by atoms with Crippen LogP contribution in [-0.4, -0.2) is 31.4 Å². The van der Waals surface area contributed by atoms with Gasteiger partial charge in [-0.2, -0.15) is 18.3 Å². The van der Waals surface area contributed by atoms with Crippen molar-refractivity contribution in [1.29, 1.82) is 0 Å². The molecule has 1 saturated carbocycles. The predicted octanol–water partition coefficient (Wildman–Crippen LogP) is 4.92. The van der Waals surface area contributed by atoms with Gasteiger partial charge in [-0.05, 0) is 44.4 Å². The lowest BCUT2D eigenvalue weighted by molar-refractivity contribution is -0.138. The summed E-state index contributed by atoms with van der Waals surface area (Å²) in [5.74, 6) is -1.73. The van der Waals surface area contributed by atoms with Gasteiger partial charge in [0.15, 0.2) is 11.6 Å². The van der Waals surface area contributed by atoms with Crippen LogP contribution in [0.25, 0.3) is 5.82 Å². The maximum atomic E-state index is 14.3. The Morgan fingerprint density at radius 2 is 1.79 bits per heavy atom. The third-order valence-electron chi connectivity index (χ3n) is 5.91. The Kier molecular flexibility index (Phi) is 6.20. The van der Waals surface area contributed by atoms with Crippen molar-refractivity contribution in [2.75, 3.05) is 5.32 Å². The van der Waals surface area contributed by atoms with E-state index >= 15 is 0 Å². The number of halogens is 4. The van der Waals surface area contributed by atoms with Crippen LogP contribution in [0.1, 0.15) is 64.5 Å². The lowest BCUT2D eigenvalue weighted by Gasteiger charge is -2.22. The number of nitrogens with zero attached hydrogens (tertiary/aromatic N) is 4. The van der Waals surface area contributed by atoms with Crippen LogP contribution in [-0.2, 0) is 11.0 Å². The lowest BCUT2D eigenvalue weighted by atomic mass is 9.84. The molecule has 178 valence electrons. The van der Waals surface area contributed by atoms with Crippen molar-refractivity contribution < 1.29 is 27.2 Å². The normalized spacial score (nSPS) is 14.9. The van der Waals surface area contributed by atoms with Crippen LogP contribution in [0.5, 0.6) is 0 Å². The van der Waals surface area contributed by atoms with E-state index < -0.39 is 29.3 Å². The van der Waals surface area contributed by atoms with Crippen molar-refractivity contribution in [3.63, 3.8) is 0 Å². The van der Waals surface area contributed by atoms with Gasteiger partial charge >= 0.3 is 6.18 Å². The minimum atomic E-state index is -4.73. The van der Waals surface area contributed by atoms with E-state index in [9.17, 15) is 27.2 Å². The second kappa shape index (κ2) is 8.96. The first-order chi connectivity index (χ1) is 16.0. The Morgan fingerprint density at radius 1 is 1.09 bits per heavy atom. The molecule has 0 unspecified atom stereocenters. The molecule has 34 heavy (non-hydrogen) atoms. The third-order valence-corrected chi connectivity index (χ3v) is 5.91. The molecule has 7 nitrogen and oxygen atoms in total. The zero-order chi connectivity index (χ0) is 24.6. The quantitative estimate of drug-likeness (QED) is 0.542. The number of hydrogen-bond acceptors (Lipinski definition) is 5. The maximum absolute atomic E-state index is 14.3. The summed E-state index contributed by atoms with van der Waals surface area (Å²) in [5.41, 5.74) is 1.33. The number of aryl methyl sites for hydroxylation is 1. The van der Waals surface area contributed by atoms with Crippen molar-refractivity contribution in [2.24, 2.45) is 0 Å². The highest BCUT2D eigenvalue weighted by molar-refractivity contribution is 6.04. The van der Waals surface area contributed by atoms with Crippen LogP contribution >= 0.6 is 0 Å². The fraction of sp³-hybridized carbons (Fsp3) is 0.348. The lowest BCUT2D eigenvalue weighted by Crippen LogP contribution is -2.16. The topological polar surface area (TPSA) is 89.8 Å². The Balaban J connectivity index is 1.52. The molecule has 1 fully saturated rings. The molecule has 0 bridgehead atoms. The van der Waals surface area contributed by atoms with Crippen LogP contribution in [0, 0.1) is 19.7 Å². The molecule has 1 N–H and O–H groups in total. The first-order valence-corrected chi connectivity index (χ1v) is 10.6. The number of anilines is 1. The van der Waals surface area contributed by atoms with Crippen molar-refractivity contribution in [3.8, 4) is 5.82 Å². The Labute approximate surface area is 192 Å². The van der Waals surface area contributed by atoms with Crippen LogP contribution in [0.15, 0.2) is 30.7 Å². The van der Waals surface area contributed by atoms with Crippen LogP contribution in [0.3, 0.4) is 0 Å². The number of Topliss-reactive ketones (excluding diaryl/α,β-unsaturated/α-hetero) is 1. The molecule has 3 heterocycles. The number of rotatable bonds is 4. The average molecular weight is 475 g/mol. The van der Waals surface area contributed by atoms with Crippen LogP contribution < -0.4 is 5.32 Å². The molecular weight excluding hydrogens is 454 g/mol. The van der Waals surface area contributed by atoms with E-state index in [1.807, 2.05) is 6.92 Å². The summed E-state index contributed by atoms with van der Waals surface area (Å²) in [5, 5.41) is 6.64. The number of pyridine rings is 2. The Bertz CT molecular complexity index is 1260. The molecule has 3 aromatic rings. The highest BCUT2D eigenvalue weighted by atomic mass is 19.4. The minimum Gasteiger partial charge on any atom is -0.320 e. The molecule has 4 rings (SSSR count). The first kappa shape index (κ1) is 23.5. The number of amides is 1. The third kappa shape index (κ3) is 4.68. The Morgan fingerprint density at radius 3 is 2.41 bits per heavy atom. The van der Waals surface area contributed by atoms with Gasteiger partial charge in [0.05, 0.1) is 34.9 Å². The van der Waals surface area contributed by atoms with Crippen molar-refractivity contribution in [1.82, 2.24) is 19.7 Å². The van der Waals surface area contributed by atoms with Crippen molar-refractivity contribution in [3.05, 3.63) is 64.6 Å². The second-order valence-corrected chi connectivity index (χ2v) is 8.28. The zero-order valence-electron chi connectivity index (χ0n) is 18.4. The highest BCUT2D eigenvalue weighted by Gasteiger charge is 2.32. The minimum absolute atomic E-state index is 0.105. The SMILES string of the molecule is Cc1cc(NC(=O)c2cnn(-c3ncc(C(F)(F)F)cc3F)c2C)cnc1C1CCC(=O)CC1. The maximum Gasteiger partial charge on any atom is 0.417 e. The summed E-state index contributed by atoms with van der Waals surface area (Å²) < 4.78 is 53.6. The number of carbonyl (C=O) groups is 2. The molecule has 0 saturated heterocycles. The van der Waals surface area contributed by atoms with Gasteiger partial charge in [-0.25, -0.2) is 14.1 Å². The molecule has 0 spiro atoms. The summed E-state index contributed by atoms with van der Waals surface area (Å²) in [6.45, 7) is 3.37. The van der Waals surface area contributed by atoms with Gasteiger partial charge in [0.25, 0.3) is 5.91 Å². The van der Waals surface area contributed by atoms with Gasteiger partial charge in [0.1, 0.15) is 5.78 Å². The average Bonchev–Trinajstić information content (AvgIpc) is 3.15. The van der Waals surface area contributed by atoms with Crippen molar-refractivity contribution >= 4 is 17.4 Å². The number of aromatic nitrogens is 4. The van der Waals surface area contributed by atoms with Gasteiger partial charge in [-0.3, -0.25) is 14.6 Å². The Hall–Kier alpha value is -3.63. The number of ketones is 1. The second-order valence-electron chi connectivity index (χ2n) is 8.28. The summed E-state index contributed by atoms with van der Waals surface area (Å²) in [4.78, 5) is 32.3. The van der Waals surface area contributed by atoms with E-state index in [-0.39, 0.29) is 23.0 Å². The van der Waals surface area contributed by atoms with Gasteiger partial charge < -0.3 is 5.32 Å². The molecule has 0 atom stereocenters. The van der Waals surface area contributed by atoms with E-state index in [4.69, 9.17) is 0 Å². The standard InChI is InChI=1S/C23H21F4N5O2/c1-12-7-16(10-28-20(12)14-3-5-17(33)6-4-14)31-22(34)18-11-30-32(13(18)2)21-19(24)8-15(9-29-21)23(25,26)27/h7-11,14H,3-6H2,1-2H3,(H,31,34). The monoisotopic (exact) mass is 475 g/mol. The number of nitrogens with one attached hydrogen (secondary N) is 1. The molecule has 0 aromatic carbocycles. The molecular formula is C23H21F4N5O2. The molecule has 11 heteroatoms. The van der Waals surface area contributed by atoms with E-state index in [1.165, 1.54) is 19.3 Å². The number of alkyl halides is 3. The first-order valence-electron chi connectivity index (χ1n) is 10.6. The van der Waals surface area contributed by atoms with Gasteiger partial charge in [0, 0.05) is 30.7 Å². The molecule has 1 aliphatic carbocycles. The van der Waals surface area contributed by atoms with E-state index in [0.29, 0.717) is 30.8 Å². The molecule has 0 radical (unpaired) electrons. The number of hydrogen-bond donors (Lipinski definition) is 1. The summed E-state index contributed by atoms with van der Waals surface area (Å²) in [7, 11) is 0. The zero-order valence-corrected chi connectivity index (χ0v) is 18.4. The van der Waals surface area contributed by atoms with Crippen molar-refractivity contribution in [2.45, 2.75) is 51.6 Å². The summed E-state index contributed by atoms with van der Waals surface area (Å²) in [6, 6.07) is 2.12. The predicted molar refractivity (Wildman–Crippen MR) is 114 cm³/mol. The van der Waals surface area contributed by atoms with E-state index in [2.05, 4.69) is 20.4 Å². The van der Waals surface area contributed by atoms with Gasteiger partial charge in [0.2, 0.25) is 0 Å². The van der Waals surface area contributed by atoms with E-state index in [1.54, 1.807) is 6.07 Å². The van der Waals surface area contributed by atoms with E-state index in [0.717, 1.165) is 28.8 Å². The highest BCUT2D eigenvalue weighted by Crippen LogP contribution is 2.33. The van der Waals surface area contributed by atoms with Gasteiger partial charge in [-0.15, -0.1) is 0 Å². The molecule has 1 aliphatic rings.